The molecule has 1 heterocycles. The van der Waals surface area contributed by atoms with Crippen molar-refractivity contribution in [2.24, 2.45) is 4.99 Å². The van der Waals surface area contributed by atoms with Gasteiger partial charge < -0.3 is 16.0 Å². The van der Waals surface area contributed by atoms with Crippen LogP contribution in [-0.4, -0.2) is 25.5 Å². The lowest BCUT2D eigenvalue weighted by Gasteiger charge is -2.11. The van der Waals surface area contributed by atoms with E-state index in [2.05, 4.69) is 45.9 Å². The van der Waals surface area contributed by atoms with E-state index in [0.29, 0.717) is 18.2 Å². The van der Waals surface area contributed by atoms with Crippen LogP contribution in [0.5, 0.6) is 0 Å². The summed E-state index contributed by atoms with van der Waals surface area (Å²) in [4.78, 5) is 18.6. The van der Waals surface area contributed by atoms with Crippen LogP contribution in [0.25, 0.3) is 0 Å². The Bertz CT molecular complexity index is 773. The summed E-state index contributed by atoms with van der Waals surface area (Å²) in [5, 5.41) is 8.96. The molecular formula is C18H20N4OS. The van der Waals surface area contributed by atoms with Crippen molar-refractivity contribution in [3.63, 3.8) is 0 Å². The Hall–Kier alpha value is -2.78. The molecule has 0 saturated heterocycles. The average Bonchev–Trinajstić information content (AvgIpc) is 3.00. The minimum absolute atomic E-state index is 0.115. The molecule has 0 bridgehead atoms. The molecule has 0 aliphatic heterocycles. The van der Waals surface area contributed by atoms with E-state index in [0.717, 1.165) is 5.56 Å². The molecule has 6 heteroatoms. The number of hydrogen-bond donors (Lipinski definition) is 3. The summed E-state index contributed by atoms with van der Waals surface area (Å²) < 4.78 is 0. The Kier molecular flexibility index (Phi) is 6.41. The van der Waals surface area contributed by atoms with Crippen LogP contribution in [0.1, 0.15) is 15.3 Å². The summed E-state index contributed by atoms with van der Waals surface area (Å²) in [6, 6.07) is 11.3. The average molecular weight is 340 g/mol. The Labute approximate surface area is 146 Å². The fourth-order valence-corrected chi connectivity index (χ4v) is 2.86. The first-order chi connectivity index (χ1) is 11.6. The number of terminal acetylenes is 1. The Balaban J connectivity index is 1.79. The fraction of sp³-hybridized carbons (Fsp3) is 0.222. The van der Waals surface area contributed by atoms with Gasteiger partial charge in [-0.05, 0) is 37.3 Å². The number of aliphatic imine (C=N–C) groups is 1. The van der Waals surface area contributed by atoms with Crippen LogP contribution in [0.4, 0.5) is 5.69 Å². The molecule has 1 amide bonds. The van der Waals surface area contributed by atoms with Crippen molar-refractivity contribution >= 4 is 28.9 Å². The first-order valence-electron chi connectivity index (χ1n) is 7.47. The van der Waals surface area contributed by atoms with Gasteiger partial charge in [0.15, 0.2) is 5.96 Å². The zero-order chi connectivity index (χ0) is 17.4. The summed E-state index contributed by atoms with van der Waals surface area (Å²) in [5.41, 5.74) is 1.40. The maximum absolute atomic E-state index is 12.0. The SMILES string of the molecule is C#Cc1cccc(NC(=O)CNC(=NC)NCc2ccc(C)s2)c1. The number of rotatable bonds is 5. The van der Waals surface area contributed by atoms with Crippen molar-refractivity contribution < 1.29 is 4.79 Å². The number of guanidine groups is 1. The highest BCUT2D eigenvalue weighted by molar-refractivity contribution is 7.11. The molecular weight excluding hydrogens is 320 g/mol. The lowest BCUT2D eigenvalue weighted by molar-refractivity contribution is -0.115. The molecule has 24 heavy (non-hydrogen) atoms. The van der Waals surface area contributed by atoms with Crippen LogP contribution in [0.3, 0.4) is 0 Å². The molecule has 0 aliphatic carbocycles. The lowest BCUT2D eigenvalue weighted by Crippen LogP contribution is -2.40. The molecule has 3 N–H and O–H groups in total. The number of carbonyl (C=O) groups is 1. The van der Waals surface area contributed by atoms with Gasteiger partial charge in [-0.25, -0.2) is 0 Å². The molecule has 1 aromatic heterocycles. The molecule has 0 aliphatic rings. The number of hydrogen-bond acceptors (Lipinski definition) is 3. The maximum Gasteiger partial charge on any atom is 0.243 e. The topological polar surface area (TPSA) is 65.5 Å². The maximum atomic E-state index is 12.0. The van der Waals surface area contributed by atoms with Gasteiger partial charge in [0.1, 0.15) is 0 Å². The van der Waals surface area contributed by atoms with Gasteiger partial charge in [-0.3, -0.25) is 9.79 Å². The second-order valence-electron chi connectivity index (χ2n) is 5.06. The first kappa shape index (κ1) is 17.6. The minimum Gasteiger partial charge on any atom is -0.352 e. The quantitative estimate of drug-likeness (QED) is 0.445. The highest BCUT2D eigenvalue weighted by atomic mass is 32.1. The fourth-order valence-electron chi connectivity index (χ4n) is 2.03. The van der Waals surface area contributed by atoms with E-state index in [1.165, 1.54) is 9.75 Å². The summed E-state index contributed by atoms with van der Waals surface area (Å²) >= 11 is 1.73. The molecule has 5 nitrogen and oxygen atoms in total. The van der Waals surface area contributed by atoms with E-state index in [1.807, 2.05) is 12.1 Å². The van der Waals surface area contributed by atoms with Gasteiger partial charge in [0.2, 0.25) is 5.91 Å². The standard InChI is InChI=1S/C18H20N4OS/c1-4-14-6-5-7-15(10-14)22-17(23)12-21-18(19-3)20-11-16-9-8-13(2)24-16/h1,5-10H,11-12H2,2-3H3,(H,22,23)(H2,19,20,21). The van der Waals surface area contributed by atoms with Crippen molar-refractivity contribution in [1.82, 2.24) is 10.6 Å². The van der Waals surface area contributed by atoms with Crippen molar-refractivity contribution in [3.8, 4) is 12.3 Å². The van der Waals surface area contributed by atoms with Crippen LogP contribution in [0.2, 0.25) is 0 Å². The highest BCUT2D eigenvalue weighted by Gasteiger charge is 2.05. The molecule has 1 aromatic carbocycles. The van der Waals surface area contributed by atoms with E-state index < -0.39 is 0 Å². The van der Waals surface area contributed by atoms with E-state index in [4.69, 9.17) is 6.42 Å². The van der Waals surface area contributed by atoms with Gasteiger partial charge >= 0.3 is 0 Å². The van der Waals surface area contributed by atoms with Gasteiger partial charge in [0.25, 0.3) is 0 Å². The predicted molar refractivity (Wildman–Crippen MR) is 100 cm³/mol. The van der Waals surface area contributed by atoms with Crippen LogP contribution >= 0.6 is 11.3 Å². The van der Waals surface area contributed by atoms with Crippen LogP contribution in [0, 0.1) is 19.3 Å². The van der Waals surface area contributed by atoms with Gasteiger partial charge in [-0.15, -0.1) is 17.8 Å². The van der Waals surface area contributed by atoms with Crippen molar-refractivity contribution in [2.75, 3.05) is 18.9 Å². The zero-order valence-corrected chi connectivity index (χ0v) is 14.5. The Morgan fingerprint density at radius 2 is 2.12 bits per heavy atom. The number of anilines is 1. The number of nitrogens with zero attached hydrogens (tertiary/aromatic N) is 1. The number of nitrogens with one attached hydrogen (secondary N) is 3. The molecule has 0 fully saturated rings. The molecule has 124 valence electrons. The van der Waals surface area contributed by atoms with E-state index in [1.54, 1.807) is 30.5 Å². The Morgan fingerprint density at radius 3 is 2.79 bits per heavy atom. The number of benzene rings is 1. The third-order valence-electron chi connectivity index (χ3n) is 3.18. The highest BCUT2D eigenvalue weighted by Crippen LogP contribution is 2.14. The third kappa shape index (κ3) is 5.45. The van der Waals surface area contributed by atoms with Crippen molar-refractivity contribution in [1.29, 1.82) is 0 Å². The smallest absolute Gasteiger partial charge is 0.243 e. The molecule has 0 spiro atoms. The second-order valence-corrected chi connectivity index (χ2v) is 6.44. The van der Waals surface area contributed by atoms with Crippen molar-refractivity contribution in [3.05, 3.63) is 51.7 Å². The summed E-state index contributed by atoms with van der Waals surface area (Å²) in [6.07, 6.45) is 5.35. The van der Waals surface area contributed by atoms with Gasteiger partial charge in [0.05, 0.1) is 13.1 Å². The normalized spacial score (nSPS) is 10.8. The van der Waals surface area contributed by atoms with Gasteiger partial charge in [0, 0.05) is 28.1 Å². The third-order valence-corrected chi connectivity index (χ3v) is 4.18. The van der Waals surface area contributed by atoms with E-state index in [-0.39, 0.29) is 12.5 Å². The Morgan fingerprint density at radius 1 is 1.29 bits per heavy atom. The summed E-state index contributed by atoms with van der Waals surface area (Å²) in [5.74, 6) is 2.95. The van der Waals surface area contributed by atoms with Crippen LogP contribution in [-0.2, 0) is 11.3 Å². The minimum atomic E-state index is -0.168. The lowest BCUT2D eigenvalue weighted by atomic mass is 10.2. The molecule has 0 radical (unpaired) electrons. The van der Waals surface area contributed by atoms with Crippen LogP contribution < -0.4 is 16.0 Å². The number of aryl methyl sites for hydroxylation is 1. The number of thiophene rings is 1. The monoisotopic (exact) mass is 340 g/mol. The molecule has 2 rings (SSSR count). The summed E-state index contributed by atoms with van der Waals surface area (Å²) in [6.45, 7) is 2.86. The predicted octanol–water partition coefficient (Wildman–Crippen LogP) is 2.34. The second kappa shape index (κ2) is 8.75. The molecule has 0 atom stereocenters. The van der Waals surface area contributed by atoms with Crippen LogP contribution in [0.15, 0.2) is 41.4 Å². The van der Waals surface area contributed by atoms with Crippen molar-refractivity contribution in [2.45, 2.75) is 13.5 Å². The molecule has 2 aromatic rings. The molecule has 0 saturated carbocycles. The summed E-state index contributed by atoms with van der Waals surface area (Å²) in [7, 11) is 1.67. The number of carbonyl (C=O) groups excluding carboxylic acids is 1. The zero-order valence-electron chi connectivity index (χ0n) is 13.7. The van der Waals surface area contributed by atoms with E-state index in [9.17, 15) is 4.79 Å². The van der Waals surface area contributed by atoms with Gasteiger partial charge in [-0.2, -0.15) is 0 Å². The van der Waals surface area contributed by atoms with E-state index >= 15 is 0 Å². The largest absolute Gasteiger partial charge is 0.352 e. The first-order valence-corrected chi connectivity index (χ1v) is 8.28. The number of amides is 1. The molecule has 0 unspecified atom stereocenters. The van der Waals surface area contributed by atoms with Gasteiger partial charge in [-0.1, -0.05) is 12.0 Å².